The number of fused-ring (bicyclic) bond motifs is 4. The maximum atomic E-state index is 13.1. The number of allylic oxidation sites excluding steroid dienone is 2. The Morgan fingerprint density at radius 3 is 2.16 bits per heavy atom. The summed E-state index contributed by atoms with van der Waals surface area (Å²) in [7, 11) is 3.04. The highest BCUT2D eigenvalue weighted by Crippen LogP contribution is 2.57. The fourth-order valence-corrected chi connectivity index (χ4v) is 6.21. The Morgan fingerprint density at radius 2 is 1.50 bits per heavy atom. The molecule has 2 heterocycles. The molecule has 8 nitrogen and oxygen atoms in total. The predicted molar refractivity (Wildman–Crippen MR) is 112 cm³/mol. The van der Waals surface area contributed by atoms with Gasteiger partial charge < -0.3 is 9.84 Å². The van der Waals surface area contributed by atoms with Gasteiger partial charge in [0.05, 0.1) is 30.3 Å². The number of amides is 4. The van der Waals surface area contributed by atoms with Crippen LogP contribution in [0.3, 0.4) is 0 Å². The minimum absolute atomic E-state index is 0.0879. The van der Waals surface area contributed by atoms with Crippen molar-refractivity contribution in [3.8, 4) is 5.75 Å². The van der Waals surface area contributed by atoms with Crippen LogP contribution >= 0.6 is 0 Å². The molecule has 32 heavy (non-hydrogen) atoms. The molecule has 0 bridgehead atoms. The van der Waals surface area contributed by atoms with Crippen LogP contribution in [0.4, 0.5) is 0 Å². The summed E-state index contributed by atoms with van der Waals surface area (Å²) >= 11 is 0. The van der Waals surface area contributed by atoms with Crippen LogP contribution in [0.15, 0.2) is 35.9 Å². The molecular weight excluding hydrogens is 412 g/mol. The summed E-state index contributed by atoms with van der Waals surface area (Å²) in [5.74, 6) is -2.61. The Kier molecular flexibility index (Phi) is 4.93. The van der Waals surface area contributed by atoms with Crippen molar-refractivity contribution in [3.05, 3.63) is 41.5 Å². The Hall–Kier alpha value is -3.00. The quantitative estimate of drug-likeness (QED) is 0.555. The van der Waals surface area contributed by atoms with Crippen molar-refractivity contribution in [1.82, 2.24) is 9.80 Å². The van der Waals surface area contributed by atoms with Gasteiger partial charge in [0.15, 0.2) is 0 Å². The molecule has 6 unspecified atom stereocenters. The zero-order valence-electron chi connectivity index (χ0n) is 18.1. The van der Waals surface area contributed by atoms with Crippen LogP contribution in [0, 0.1) is 29.6 Å². The Balaban J connectivity index is 1.58. The second-order valence-corrected chi connectivity index (χ2v) is 9.14. The van der Waals surface area contributed by atoms with Crippen LogP contribution in [-0.2, 0) is 19.2 Å². The number of likely N-dealkylation sites (tertiary alicyclic amines) is 2. The van der Waals surface area contributed by atoms with Crippen molar-refractivity contribution in [2.24, 2.45) is 29.6 Å². The second kappa shape index (κ2) is 7.55. The van der Waals surface area contributed by atoms with Gasteiger partial charge in [-0.1, -0.05) is 23.8 Å². The first-order valence-electron chi connectivity index (χ1n) is 11.0. The maximum absolute atomic E-state index is 13.1. The number of hydrogen-bond donors (Lipinski definition) is 1. The van der Waals surface area contributed by atoms with Crippen LogP contribution in [0.5, 0.6) is 5.75 Å². The minimum atomic E-state index is -0.513. The van der Waals surface area contributed by atoms with Gasteiger partial charge in [-0.15, -0.1) is 0 Å². The Bertz CT molecular complexity index is 1030. The molecule has 0 aromatic heterocycles. The fourth-order valence-electron chi connectivity index (χ4n) is 6.21. The van der Waals surface area contributed by atoms with Gasteiger partial charge in [-0.05, 0) is 36.5 Å². The smallest absolute Gasteiger partial charge is 0.233 e. The van der Waals surface area contributed by atoms with E-state index in [9.17, 15) is 19.2 Å². The van der Waals surface area contributed by atoms with Gasteiger partial charge in [0.2, 0.25) is 23.6 Å². The van der Waals surface area contributed by atoms with Gasteiger partial charge in [-0.2, -0.15) is 0 Å². The number of imide groups is 2. The Morgan fingerprint density at radius 1 is 0.875 bits per heavy atom. The van der Waals surface area contributed by atoms with E-state index in [4.69, 9.17) is 9.84 Å². The highest BCUT2D eigenvalue weighted by molar-refractivity contribution is 6.07. The van der Waals surface area contributed by atoms with E-state index in [1.807, 2.05) is 18.2 Å². The summed E-state index contributed by atoms with van der Waals surface area (Å²) in [6.45, 7) is 0.0978. The summed E-state index contributed by atoms with van der Waals surface area (Å²) in [5, 5.41) is 8.97. The van der Waals surface area contributed by atoms with Crippen molar-refractivity contribution in [3.63, 3.8) is 0 Å². The predicted octanol–water partition coefficient (Wildman–Crippen LogP) is 0.953. The van der Waals surface area contributed by atoms with Gasteiger partial charge in [0.1, 0.15) is 12.4 Å². The van der Waals surface area contributed by atoms with Gasteiger partial charge in [-0.3, -0.25) is 29.0 Å². The molecule has 5 rings (SSSR count). The van der Waals surface area contributed by atoms with Gasteiger partial charge in [0.25, 0.3) is 0 Å². The first-order chi connectivity index (χ1) is 15.3. The molecule has 1 aromatic carbocycles. The number of nitrogens with zero attached hydrogens (tertiary/aromatic N) is 2. The minimum Gasteiger partial charge on any atom is -0.491 e. The number of aliphatic hydroxyl groups is 1. The molecule has 4 amide bonds. The highest BCUT2D eigenvalue weighted by atomic mass is 16.5. The molecule has 8 heteroatoms. The fraction of sp³-hybridized carbons (Fsp3) is 0.500. The van der Waals surface area contributed by atoms with E-state index in [-0.39, 0.29) is 48.7 Å². The molecule has 2 saturated heterocycles. The SMILES string of the molecule is CN1C(=O)C2CC=C3C(CC4C(=O)N(C)C(=O)C4C3c3ccc(OCCO)cc3)C2C1=O. The molecule has 1 saturated carbocycles. The Labute approximate surface area is 185 Å². The molecule has 0 radical (unpaired) electrons. The number of ether oxygens (including phenoxy) is 1. The van der Waals surface area contributed by atoms with E-state index in [0.29, 0.717) is 18.6 Å². The van der Waals surface area contributed by atoms with Crippen LogP contribution in [0.25, 0.3) is 0 Å². The molecule has 1 N–H and O–H groups in total. The summed E-state index contributed by atoms with van der Waals surface area (Å²) in [6.07, 6.45) is 2.91. The average molecular weight is 438 g/mol. The van der Waals surface area contributed by atoms with Crippen LogP contribution in [0.1, 0.15) is 24.3 Å². The number of hydrogen-bond acceptors (Lipinski definition) is 6. The van der Waals surface area contributed by atoms with E-state index in [1.165, 1.54) is 23.9 Å². The van der Waals surface area contributed by atoms with Crippen molar-refractivity contribution in [2.45, 2.75) is 18.8 Å². The second-order valence-electron chi connectivity index (χ2n) is 9.14. The highest BCUT2D eigenvalue weighted by Gasteiger charge is 2.60. The zero-order valence-corrected chi connectivity index (χ0v) is 18.1. The average Bonchev–Trinajstić information content (AvgIpc) is 3.16. The summed E-state index contributed by atoms with van der Waals surface area (Å²) in [4.78, 5) is 54.1. The molecule has 6 atom stereocenters. The third-order valence-electron chi connectivity index (χ3n) is 7.69. The molecular formula is C24H26N2O6. The molecule has 0 spiro atoms. The third-order valence-corrected chi connectivity index (χ3v) is 7.69. The maximum Gasteiger partial charge on any atom is 0.233 e. The normalized spacial score (nSPS) is 33.8. The first kappa shape index (κ1) is 20.9. The van der Waals surface area contributed by atoms with E-state index in [2.05, 4.69) is 0 Å². The first-order valence-corrected chi connectivity index (χ1v) is 11.0. The lowest BCUT2D eigenvalue weighted by molar-refractivity contribution is -0.140. The number of benzene rings is 1. The van der Waals surface area contributed by atoms with Gasteiger partial charge in [0, 0.05) is 20.0 Å². The molecule has 3 fully saturated rings. The molecule has 2 aliphatic heterocycles. The lowest BCUT2D eigenvalue weighted by atomic mass is 9.57. The summed E-state index contributed by atoms with van der Waals surface area (Å²) < 4.78 is 5.46. The molecule has 2 aliphatic carbocycles. The lowest BCUT2D eigenvalue weighted by Crippen LogP contribution is -2.42. The van der Waals surface area contributed by atoms with Crippen molar-refractivity contribution in [2.75, 3.05) is 27.3 Å². The van der Waals surface area contributed by atoms with Crippen LogP contribution in [0.2, 0.25) is 0 Å². The molecule has 4 aliphatic rings. The van der Waals surface area contributed by atoms with Crippen molar-refractivity contribution in [1.29, 1.82) is 0 Å². The topological polar surface area (TPSA) is 104 Å². The number of rotatable bonds is 4. The third kappa shape index (κ3) is 2.85. The number of carbonyl (C=O) groups excluding carboxylic acids is 4. The van der Waals surface area contributed by atoms with Gasteiger partial charge >= 0.3 is 0 Å². The largest absolute Gasteiger partial charge is 0.491 e. The standard InChI is InChI=1S/C24H26N2O6/c1-25-21(28)15-8-7-14-16(19(15)23(25)30)11-17-20(24(31)26(2)22(17)29)18(14)12-3-5-13(6-4-12)32-10-9-27/h3-7,15-20,27H,8-11H2,1-2H3. The van der Waals surface area contributed by atoms with Crippen molar-refractivity contribution < 1.29 is 29.0 Å². The van der Waals surface area contributed by atoms with Crippen LogP contribution < -0.4 is 4.74 Å². The number of carbonyl (C=O) groups is 4. The number of aliphatic hydroxyl groups excluding tert-OH is 1. The molecule has 1 aromatic rings. The van der Waals surface area contributed by atoms with E-state index in [0.717, 1.165) is 11.1 Å². The van der Waals surface area contributed by atoms with Crippen molar-refractivity contribution >= 4 is 23.6 Å². The summed E-state index contributed by atoms with van der Waals surface area (Å²) in [6, 6.07) is 7.35. The van der Waals surface area contributed by atoms with E-state index >= 15 is 0 Å². The van der Waals surface area contributed by atoms with E-state index < -0.39 is 23.7 Å². The van der Waals surface area contributed by atoms with Crippen LogP contribution in [-0.4, -0.2) is 65.8 Å². The summed E-state index contributed by atoms with van der Waals surface area (Å²) in [5.41, 5.74) is 1.87. The van der Waals surface area contributed by atoms with Gasteiger partial charge in [-0.25, -0.2) is 0 Å². The zero-order chi connectivity index (χ0) is 22.7. The lowest BCUT2D eigenvalue weighted by Gasteiger charge is -2.44. The monoisotopic (exact) mass is 438 g/mol. The molecule has 168 valence electrons. The van der Waals surface area contributed by atoms with E-state index in [1.54, 1.807) is 12.1 Å².